The Bertz CT molecular complexity index is 278. The van der Waals surface area contributed by atoms with Crippen LogP contribution in [0.5, 0.6) is 0 Å². The van der Waals surface area contributed by atoms with Crippen LogP contribution < -0.4 is 0 Å². The molecule has 1 rings (SSSR count). The van der Waals surface area contributed by atoms with Crippen molar-refractivity contribution in [3.8, 4) is 0 Å². The van der Waals surface area contributed by atoms with Crippen molar-refractivity contribution < 1.29 is 13.2 Å². The average molecular weight is 237 g/mol. The molecule has 1 aliphatic heterocycles. The monoisotopic (exact) mass is 237 g/mol. The summed E-state index contributed by atoms with van der Waals surface area (Å²) in [5.41, 5.74) is -0.604. The quantitative estimate of drug-likeness (QED) is 0.698. The molecule has 0 fully saturated rings. The summed E-state index contributed by atoms with van der Waals surface area (Å²) in [5, 5.41) is 4.93. The lowest BCUT2D eigenvalue weighted by molar-refractivity contribution is -0.220. The molecular formula is C10H18F3N3. The van der Waals surface area contributed by atoms with Gasteiger partial charge in [-0.15, -0.1) is 0 Å². The average Bonchev–Trinajstić information content (AvgIpc) is 2.43. The normalized spacial score (nSPS) is 22.4. The fraction of sp³-hybridized carbons (Fsp3) is 0.900. The number of nitrogens with zero attached hydrogens (tertiary/aromatic N) is 3. The van der Waals surface area contributed by atoms with E-state index < -0.39 is 17.9 Å². The predicted molar refractivity (Wildman–Crippen MR) is 56.9 cm³/mol. The highest BCUT2D eigenvalue weighted by molar-refractivity contribution is 5.58. The molecule has 0 saturated carbocycles. The van der Waals surface area contributed by atoms with Gasteiger partial charge in [-0.2, -0.15) is 18.3 Å². The molecule has 1 heterocycles. The highest BCUT2D eigenvalue weighted by Gasteiger charge is 2.52. The Hall–Kier alpha value is -0.940. The summed E-state index contributed by atoms with van der Waals surface area (Å²) in [6, 6.07) is -0.282. The van der Waals surface area contributed by atoms with Crippen molar-refractivity contribution in [2.75, 3.05) is 0 Å². The smallest absolute Gasteiger partial charge is 0.327 e. The van der Waals surface area contributed by atoms with Crippen molar-refractivity contribution >= 4 is 6.34 Å². The maximum absolute atomic E-state index is 13.0. The first-order chi connectivity index (χ1) is 7.05. The van der Waals surface area contributed by atoms with Gasteiger partial charge in [0.25, 0.3) is 0 Å². The van der Waals surface area contributed by atoms with E-state index in [1.54, 1.807) is 34.6 Å². The summed E-state index contributed by atoms with van der Waals surface area (Å²) >= 11 is 0. The van der Waals surface area contributed by atoms with Crippen LogP contribution in [0.15, 0.2) is 5.10 Å². The zero-order chi connectivity index (χ0) is 12.7. The van der Waals surface area contributed by atoms with Crippen molar-refractivity contribution in [3.63, 3.8) is 0 Å². The summed E-state index contributed by atoms with van der Waals surface area (Å²) in [4.78, 5) is 1.24. The Labute approximate surface area is 93.9 Å². The number of hydrogen-bond acceptors (Lipinski definition) is 3. The summed E-state index contributed by atoms with van der Waals surface area (Å²) in [7, 11) is 0. The van der Waals surface area contributed by atoms with E-state index >= 15 is 0 Å². The van der Waals surface area contributed by atoms with Gasteiger partial charge in [-0.1, -0.05) is 0 Å². The molecule has 3 nitrogen and oxygen atoms in total. The first-order valence-electron chi connectivity index (χ1n) is 5.22. The van der Waals surface area contributed by atoms with Crippen LogP contribution in [0.1, 0.15) is 34.6 Å². The standard InChI is InChI=1S/C10H18F3N3/c1-7(2)16-8(10(11,12)13)15(6-14-16)9(3,4)5/h6-8H,1-5H3. The molecule has 1 unspecified atom stereocenters. The van der Waals surface area contributed by atoms with Gasteiger partial charge in [-0.05, 0) is 34.6 Å². The van der Waals surface area contributed by atoms with Gasteiger partial charge in [-0.25, -0.2) is 0 Å². The summed E-state index contributed by atoms with van der Waals surface area (Å²) in [5.74, 6) is 0. The van der Waals surface area contributed by atoms with Crippen molar-refractivity contribution in [2.24, 2.45) is 5.10 Å². The van der Waals surface area contributed by atoms with Crippen LogP contribution in [0.2, 0.25) is 0 Å². The molecule has 0 bridgehead atoms. The SMILES string of the molecule is CC(C)N1N=CN(C(C)(C)C)C1C(F)(F)F. The highest BCUT2D eigenvalue weighted by atomic mass is 19.4. The number of alkyl halides is 3. The largest absolute Gasteiger partial charge is 0.429 e. The maximum Gasteiger partial charge on any atom is 0.429 e. The van der Waals surface area contributed by atoms with Gasteiger partial charge in [0.1, 0.15) is 6.34 Å². The van der Waals surface area contributed by atoms with E-state index in [0.717, 1.165) is 5.01 Å². The molecule has 0 amide bonds. The van der Waals surface area contributed by atoms with Gasteiger partial charge in [0, 0.05) is 11.6 Å². The zero-order valence-corrected chi connectivity index (χ0v) is 10.2. The third-order valence-corrected chi connectivity index (χ3v) is 2.42. The van der Waals surface area contributed by atoms with Crippen LogP contribution in [0.3, 0.4) is 0 Å². The van der Waals surface area contributed by atoms with Gasteiger partial charge in [0.2, 0.25) is 6.17 Å². The summed E-state index contributed by atoms with van der Waals surface area (Å²) < 4.78 is 39.0. The molecule has 0 saturated heterocycles. The number of rotatable bonds is 1. The molecule has 1 atom stereocenters. The van der Waals surface area contributed by atoms with Gasteiger partial charge in [0.15, 0.2) is 0 Å². The first-order valence-corrected chi connectivity index (χ1v) is 5.22. The second kappa shape index (κ2) is 3.82. The Morgan fingerprint density at radius 1 is 1.19 bits per heavy atom. The van der Waals surface area contributed by atoms with E-state index in [2.05, 4.69) is 5.10 Å². The molecule has 0 spiro atoms. The Morgan fingerprint density at radius 2 is 1.69 bits per heavy atom. The van der Waals surface area contributed by atoms with E-state index in [1.165, 1.54) is 11.2 Å². The third kappa shape index (κ3) is 2.41. The van der Waals surface area contributed by atoms with Crippen LogP contribution in [0, 0.1) is 0 Å². The fourth-order valence-electron chi connectivity index (χ4n) is 1.63. The van der Waals surface area contributed by atoms with Crippen LogP contribution in [-0.4, -0.2) is 40.2 Å². The van der Waals surface area contributed by atoms with E-state index in [1.807, 2.05) is 0 Å². The van der Waals surface area contributed by atoms with Gasteiger partial charge in [0.05, 0.1) is 0 Å². The molecule has 16 heavy (non-hydrogen) atoms. The molecule has 1 aliphatic rings. The van der Waals surface area contributed by atoms with Crippen molar-refractivity contribution in [2.45, 2.75) is 58.5 Å². The minimum atomic E-state index is -4.31. The van der Waals surface area contributed by atoms with Gasteiger partial charge < -0.3 is 4.90 Å². The Kier molecular flexibility index (Phi) is 3.13. The lowest BCUT2D eigenvalue weighted by Crippen LogP contribution is -2.57. The Balaban J connectivity index is 3.03. The van der Waals surface area contributed by atoms with Gasteiger partial charge in [-0.3, -0.25) is 5.01 Å². The fourth-order valence-corrected chi connectivity index (χ4v) is 1.63. The third-order valence-electron chi connectivity index (χ3n) is 2.42. The predicted octanol–water partition coefficient (Wildman–Crippen LogP) is 2.64. The number of hydrazone groups is 1. The van der Waals surface area contributed by atoms with E-state index in [4.69, 9.17) is 0 Å². The van der Waals surface area contributed by atoms with Crippen molar-refractivity contribution in [1.29, 1.82) is 0 Å². The van der Waals surface area contributed by atoms with Crippen LogP contribution in [0.4, 0.5) is 13.2 Å². The highest BCUT2D eigenvalue weighted by Crippen LogP contribution is 2.35. The summed E-state index contributed by atoms with van der Waals surface area (Å²) in [6.45, 7) is 8.61. The van der Waals surface area contributed by atoms with Crippen molar-refractivity contribution in [1.82, 2.24) is 9.91 Å². The Morgan fingerprint density at radius 3 is 2.00 bits per heavy atom. The molecule has 0 N–H and O–H groups in total. The minimum Gasteiger partial charge on any atom is -0.327 e. The van der Waals surface area contributed by atoms with E-state index in [0.29, 0.717) is 0 Å². The maximum atomic E-state index is 13.0. The minimum absolute atomic E-state index is 0.282. The van der Waals surface area contributed by atoms with Crippen molar-refractivity contribution in [3.05, 3.63) is 0 Å². The zero-order valence-electron chi connectivity index (χ0n) is 10.2. The molecule has 0 aromatic rings. The van der Waals surface area contributed by atoms with Crippen LogP contribution >= 0.6 is 0 Å². The molecule has 0 aliphatic carbocycles. The molecule has 6 heteroatoms. The molecule has 94 valence electrons. The van der Waals surface area contributed by atoms with E-state index in [9.17, 15) is 13.2 Å². The second-order valence-corrected chi connectivity index (χ2v) is 5.20. The van der Waals surface area contributed by atoms with Crippen LogP contribution in [0.25, 0.3) is 0 Å². The second-order valence-electron chi connectivity index (χ2n) is 5.20. The summed E-state index contributed by atoms with van der Waals surface area (Å²) in [6.07, 6.45) is -4.70. The number of hydrogen-bond donors (Lipinski definition) is 0. The molecule has 0 aromatic carbocycles. The lowest BCUT2D eigenvalue weighted by Gasteiger charge is -2.40. The van der Waals surface area contributed by atoms with Crippen LogP contribution in [-0.2, 0) is 0 Å². The van der Waals surface area contributed by atoms with Gasteiger partial charge >= 0.3 is 6.18 Å². The molecule has 0 radical (unpaired) electrons. The molecular weight excluding hydrogens is 219 g/mol. The molecule has 0 aromatic heterocycles. The lowest BCUT2D eigenvalue weighted by atomic mass is 10.1. The number of halogens is 3. The first kappa shape index (κ1) is 13.1. The topological polar surface area (TPSA) is 18.8 Å². The van der Waals surface area contributed by atoms with E-state index in [-0.39, 0.29) is 6.04 Å².